The van der Waals surface area contributed by atoms with Gasteiger partial charge in [-0.15, -0.1) is 0 Å². The van der Waals surface area contributed by atoms with Gasteiger partial charge >= 0.3 is 0 Å². The molecule has 5 nitrogen and oxygen atoms in total. The maximum Gasteiger partial charge on any atom is 0.258 e. The third kappa shape index (κ3) is 4.65. The van der Waals surface area contributed by atoms with Crippen molar-refractivity contribution < 1.29 is 8.73 Å². The molecule has 31 heavy (non-hydrogen) atoms. The molecular weight excluding hydrogens is 406 g/mol. The molecule has 0 aliphatic carbocycles. The molecule has 0 spiro atoms. The van der Waals surface area contributed by atoms with Gasteiger partial charge in [-0.25, -0.2) is 0 Å². The van der Waals surface area contributed by atoms with Gasteiger partial charge in [-0.05, 0) is 67.5 Å². The molecule has 158 valence electrons. The van der Waals surface area contributed by atoms with E-state index in [1.54, 1.807) is 6.26 Å². The lowest BCUT2D eigenvalue weighted by Crippen LogP contribution is -2.11. The average Bonchev–Trinajstić information content (AvgIpc) is 3.24. The average molecular weight is 432 g/mol. The maximum absolute atomic E-state index is 11.8. The lowest BCUT2D eigenvalue weighted by molar-refractivity contribution is 0.403. The highest BCUT2D eigenvalue weighted by Gasteiger charge is 2.15. The summed E-state index contributed by atoms with van der Waals surface area (Å²) in [6, 6.07) is 22.1. The maximum atomic E-state index is 11.8. The fourth-order valence-corrected chi connectivity index (χ4v) is 4.17. The van der Waals surface area contributed by atoms with Gasteiger partial charge in [0.1, 0.15) is 0 Å². The molecule has 1 heterocycles. The van der Waals surface area contributed by atoms with Crippen LogP contribution in [0.15, 0.2) is 76.1 Å². The molecule has 0 N–H and O–H groups in total. The largest absolute Gasteiger partial charge is 0.334 e. The molecule has 1 atom stereocenters. The molecule has 1 aromatic heterocycles. The van der Waals surface area contributed by atoms with Crippen molar-refractivity contribution in [3.63, 3.8) is 0 Å². The molecule has 4 rings (SSSR count). The predicted molar refractivity (Wildman–Crippen MR) is 125 cm³/mol. The molecule has 0 fully saturated rings. The Kier molecular flexibility index (Phi) is 6.11. The van der Waals surface area contributed by atoms with E-state index < -0.39 is 10.8 Å². The van der Waals surface area contributed by atoms with Crippen LogP contribution in [-0.4, -0.2) is 39.6 Å². The quantitative estimate of drug-likeness (QED) is 0.421. The highest BCUT2D eigenvalue weighted by molar-refractivity contribution is 7.84. The Bertz CT molecular complexity index is 1250. The second kappa shape index (κ2) is 8.96. The number of nitrogens with zero attached hydrogens (tertiary/aromatic N) is 3. The molecule has 6 heteroatoms. The molecule has 4 aromatic rings. The number of hydrogen-bond donors (Lipinski definition) is 0. The van der Waals surface area contributed by atoms with Crippen LogP contribution in [0.3, 0.4) is 0 Å². The topological polar surface area (TPSA) is 59.2 Å². The minimum Gasteiger partial charge on any atom is -0.334 e. The summed E-state index contributed by atoms with van der Waals surface area (Å²) in [6.07, 6.45) is 1.66. The Hall–Kier alpha value is -3.09. The highest BCUT2D eigenvalue weighted by atomic mass is 32.2. The van der Waals surface area contributed by atoms with Gasteiger partial charge in [0, 0.05) is 39.6 Å². The summed E-state index contributed by atoms with van der Waals surface area (Å²) in [6.45, 7) is 2.92. The first kappa shape index (κ1) is 21.2. The summed E-state index contributed by atoms with van der Waals surface area (Å²) in [5.74, 6) is 0.953. The monoisotopic (exact) mass is 431 g/mol. The number of hydrogen-bond acceptors (Lipinski definition) is 5. The fraction of sp³-hybridized carbons (Fsp3) is 0.200. The van der Waals surface area contributed by atoms with E-state index in [1.807, 2.05) is 30.3 Å². The first-order valence-electron chi connectivity index (χ1n) is 10.0. The van der Waals surface area contributed by atoms with E-state index in [0.29, 0.717) is 11.7 Å². The van der Waals surface area contributed by atoms with Crippen LogP contribution in [0.2, 0.25) is 0 Å². The van der Waals surface area contributed by atoms with Gasteiger partial charge in [0.05, 0.1) is 0 Å². The molecule has 1 unspecified atom stereocenters. The zero-order chi connectivity index (χ0) is 22.0. The fourth-order valence-electron chi connectivity index (χ4n) is 3.61. The van der Waals surface area contributed by atoms with Crippen molar-refractivity contribution >= 4 is 10.8 Å². The minimum atomic E-state index is -1.06. The molecule has 0 bridgehead atoms. The summed E-state index contributed by atoms with van der Waals surface area (Å²) in [4.78, 5) is 7.49. The standard InChI is InChI=1S/C25H25N3O2S/c1-17-8-5-6-11-22(17)23-13-12-19(14-20(23)16-28(2)3)25-26-24(27-30-25)18-9-7-10-21(15-18)31(4)29/h5-15H,16H2,1-4H3. The molecule has 0 saturated carbocycles. The van der Waals surface area contributed by atoms with Crippen LogP contribution >= 0.6 is 0 Å². The zero-order valence-corrected chi connectivity index (χ0v) is 18.9. The minimum absolute atomic E-state index is 0.467. The Morgan fingerprint density at radius 1 is 0.935 bits per heavy atom. The Labute approximate surface area is 185 Å². The second-order valence-corrected chi connectivity index (χ2v) is 9.21. The van der Waals surface area contributed by atoms with Crippen LogP contribution in [0.4, 0.5) is 0 Å². The van der Waals surface area contributed by atoms with Crippen LogP contribution in [-0.2, 0) is 17.3 Å². The summed E-state index contributed by atoms with van der Waals surface area (Å²) in [5.41, 5.74) is 6.52. The summed E-state index contributed by atoms with van der Waals surface area (Å²) < 4.78 is 17.4. The lowest BCUT2D eigenvalue weighted by atomic mass is 9.94. The molecule has 0 radical (unpaired) electrons. The van der Waals surface area contributed by atoms with Crippen molar-refractivity contribution in [3.05, 3.63) is 77.9 Å². The van der Waals surface area contributed by atoms with Gasteiger partial charge in [0.2, 0.25) is 5.82 Å². The van der Waals surface area contributed by atoms with Crippen molar-refractivity contribution in [1.82, 2.24) is 15.0 Å². The van der Waals surface area contributed by atoms with Crippen LogP contribution in [0.25, 0.3) is 34.0 Å². The van der Waals surface area contributed by atoms with E-state index in [4.69, 9.17) is 4.52 Å². The second-order valence-electron chi connectivity index (χ2n) is 7.83. The van der Waals surface area contributed by atoms with Crippen LogP contribution < -0.4 is 0 Å². The van der Waals surface area contributed by atoms with Gasteiger partial charge in [-0.2, -0.15) is 4.98 Å². The Morgan fingerprint density at radius 3 is 2.48 bits per heavy atom. The zero-order valence-electron chi connectivity index (χ0n) is 18.1. The summed E-state index contributed by atoms with van der Waals surface area (Å²) >= 11 is 0. The van der Waals surface area contributed by atoms with E-state index in [0.717, 1.165) is 22.6 Å². The number of benzene rings is 3. The van der Waals surface area contributed by atoms with Crippen molar-refractivity contribution in [2.45, 2.75) is 18.4 Å². The first-order chi connectivity index (χ1) is 14.9. The van der Waals surface area contributed by atoms with E-state index in [2.05, 4.69) is 72.5 Å². The van der Waals surface area contributed by atoms with Crippen LogP contribution in [0, 0.1) is 6.92 Å². The van der Waals surface area contributed by atoms with Crippen molar-refractivity contribution in [2.75, 3.05) is 20.4 Å². The third-order valence-corrected chi connectivity index (χ3v) is 6.04. The van der Waals surface area contributed by atoms with Crippen LogP contribution in [0.5, 0.6) is 0 Å². The highest BCUT2D eigenvalue weighted by Crippen LogP contribution is 2.32. The van der Waals surface area contributed by atoms with Gasteiger partial charge in [-0.3, -0.25) is 4.21 Å². The van der Waals surface area contributed by atoms with E-state index >= 15 is 0 Å². The number of aryl methyl sites for hydroxylation is 1. The smallest absolute Gasteiger partial charge is 0.258 e. The molecule has 0 aliphatic heterocycles. The summed E-state index contributed by atoms with van der Waals surface area (Å²) in [5, 5.41) is 4.15. The van der Waals surface area contributed by atoms with E-state index in [1.165, 1.54) is 22.3 Å². The lowest BCUT2D eigenvalue weighted by Gasteiger charge is -2.16. The molecular formula is C25H25N3O2S. The molecule has 0 saturated heterocycles. The van der Waals surface area contributed by atoms with E-state index in [9.17, 15) is 4.21 Å². The third-order valence-electron chi connectivity index (χ3n) is 5.12. The summed E-state index contributed by atoms with van der Waals surface area (Å²) in [7, 11) is 3.05. The van der Waals surface area contributed by atoms with E-state index in [-0.39, 0.29) is 0 Å². The molecule has 3 aromatic carbocycles. The van der Waals surface area contributed by atoms with Crippen molar-refractivity contribution in [2.24, 2.45) is 0 Å². The number of aromatic nitrogens is 2. The predicted octanol–water partition coefficient (Wildman–Crippen LogP) is 5.18. The Balaban J connectivity index is 1.73. The van der Waals surface area contributed by atoms with Gasteiger partial charge < -0.3 is 9.42 Å². The SMILES string of the molecule is Cc1ccccc1-c1ccc(-c2nc(-c3cccc(S(C)=O)c3)no2)cc1CN(C)C. The van der Waals surface area contributed by atoms with Crippen molar-refractivity contribution in [3.8, 4) is 34.0 Å². The Morgan fingerprint density at radius 2 is 1.74 bits per heavy atom. The number of rotatable bonds is 6. The van der Waals surface area contributed by atoms with Gasteiger partial charge in [0.25, 0.3) is 5.89 Å². The molecule has 0 amide bonds. The first-order valence-corrected chi connectivity index (χ1v) is 11.6. The van der Waals surface area contributed by atoms with Crippen molar-refractivity contribution in [1.29, 1.82) is 0 Å². The van der Waals surface area contributed by atoms with Gasteiger partial charge in [-0.1, -0.05) is 47.6 Å². The normalized spacial score (nSPS) is 12.3. The van der Waals surface area contributed by atoms with Crippen LogP contribution in [0.1, 0.15) is 11.1 Å². The molecule has 0 aliphatic rings. The van der Waals surface area contributed by atoms with Gasteiger partial charge in [0.15, 0.2) is 0 Å².